The number of urea groups is 1. The van der Waals surface area contributed by atoms with Gasteiger partial charge in [-0.05, 0) is 60.7 Å². The van der Waals surface area contributed by atoms with Gasteiger partial charge in [0.1, 0.15) is 11.5 Å². The minimum absolute atomic E-state index is 0.0149. The highest BCUT2D eigenvalue weighted by Crippen LogP contribution is 2.53. The number of piperidine rings is 1. The molecule has 0 aromatic heterocycles. The first-order chi connectivity index (χ1) is 23.9. The third-order valence-corrected chi connectivity index (χ3v) is 13.0. The van der Waals surface area contributed by atoms with E-state index in [0.717, 1.165) is 11.1 Å². The summed E-state index contributed by atoms with van der Waals surface area (Å²) in [5.74, 6) is -0.880. The number of halogens is 2. The molecule has 2 N–H and O–H groups in total. The molecule has 0 radical (unpaired) electrons. The molecule has 4 rings (SSSR count). The van der Waals surface area contributed by atoms with Gasteiger partial charge in [-0.1, -0.05) is 94.2 Å². The molecule has 3 amide bonds. The summed E-state index contributed by atoms with van der Waals surface area (Å²) in [6.45, 7) is 10.6. The summed E-state index contributed by atoms with van der Waals surface area (Å²) >= 11 is 12.9. The van der Waals surface area contributed by atoms with E-state index >= 15 is 4.79 Å². The number of primary amides is 1. The highest BCUT2D eigenvalue weighted by atomic mass is 35.5. The van der Waals surface area contributed by atoms with Crippen LogP contribution < -0.4 is 10.5 Å². The van der Waals surface area contributed by atoms with Gasteiger partial charge in [-0.2, -0.15) is 0 Å². The maximum absolute atomic E-state index is 15.2. The topological polar surface area (TPSA) is 136 Å². The summed E-state index contributed by atoms with van der Waals surface area (Å²) in [5, 5.41) is 0.506. The Morgan fingerprint density at radius 2 is 1.67 bits per heavy atom. The van der Waals surface area contributed by atoms with Gasteiger partial charge in [-0.3, -0.25) is 14.4 Å². The van der Waals surface area contributed by atoms with Crippen molar-refractivity contribution in [3.8, 4) is 5.75 Å². The van der Waals surface area contributed by atoms with E-state index in [4.69, 9.17) is 33.7 Å². The lowest BCUT2D eigenvalue weighted by molar-refractivity contribution is -0.157. The van der Waals surface area contributed by atoms with Gasteiger partial charge >= 0.3 is 6.03 Å². The van der Waals surface area contributed by atoms with Crippen LogP contribution in [0, 0.1) is 11.3 Å². The number of Topliss-reactive ketones (excluding diaryl/α,β-unsaturated/α-hetero) is 2. The highest BCUT2D eigenvalue weighted by Gasteiger charge is 2.53. The zero-order chi connectivity index (χ0) is 37.8. The standard InChI is InChI=1S/C39H47Cl2N3O6S/c1-23(2)34(22-51(49,24(3)4)43-38(42)48)44-36(26-13-15-30(40)16-14-26)33(28-9-8-10-31(41)17-28)21-39(6,37(44)47)20-32(46)18-29-12-11-27(25(5)45)19-35(29)50-7/h8-17,19,23-24,33-34,36H,18,20-22H2,1-7H3,(H2,42,48)/t33-,34-,36-,39+,51-/m1/s1. The smallest absolute Gasteiger partial charge is 0.346 e. The lowest BCUT2D eigenvalue weighted by Crippen LogP contribution is -2.59. The molecular weight excluding hydrogens is 709 g/mol. The number of methoxy groups -OCH3 is 1. The van der Waals surface area contributed by atoms with Crippen molar-refractivity contribution in [3.05, 3.63) is 99.0 Å². The van der Waals surface area contributed by atoms with Crippen LogP contribution in [0.1, 0.15) is 93.4 Å². The fourth-order valence-electron chi connectivity index (χ4n) is 7.06. The normalized spacial score (nSPS) is 20.9. The first-order valence-corrected chi connectivity index (χ1v) is 19.5. The number of benzene rings is 3. The van der Waals surface area contributed by atoms with Gasteiger partial charge in [0.15, 0.2) is 5.78 Å². The van der Waals surface area contributed by atoms with Crippen LogP contribution in [0.4, 0.5) is 4.79 Å². The summed E-state index contributed by atoms with van der Waals surface area (Å²) in [6, 6.07) is 17.4. The summed E-state index contributed by atoms with van der Waals surface area (Å²) in [5.41, 5.74) is 7.01. The van der Waals surface area contributed by atoms with E-state index in [-0.39, 0.29) is 47.9 Å². The maximum atomic E-state index is 15.2. The number of hydrogen-bond acceptors (Lipinski definition) is 6. The largest absolute Gasteiger partial charge is 0.496 e. The molecule has 274 valence electrons. The Morgan fingerprint density at radius 1 is 1.00 bits per heavy atom. The van der Waals surface area contributed by atoms with E-state index in [0.29, 0.717) is 33.3 Å². The van der Waals surface area contributed by atoms with Gasteiger partial charge in [0.2, 0.25) is 5.91 Å². The summed E-state index contributed by atoms with van der Waals surface area (Å²) in [7, 11) is -1.75. The van der Waals surface area contributed by atoms with Crippen molar-refractivity contribution in [2.24, 2.45) is 21.4 Å². The molecule has 3 aromatic carbocycles. The van der Waals surface area contributed by atoms with Crippen molar-refractivity contribution in [2.75, 3.05) is 12.9 Å². The number of rotatable bonds is 13. The van der Waals surface area contributed by atoms with Gasteiger partial charge in [0.05, 0.1) is 34.0 Å². The fraction of sp³-hybridized carbons (Fsp3) is 0.436. The molecule has 51 heavy (non-hydrogen) atoms. The SMILES string of the molecule is COc1cc(C(C)=O)ccc1CC(=O)C[C@@]1(C)C[C@H](c2cccc(Cl)c2)[C@@H](c2ccc(Cl)cc2)N([C@H](C[S@](=O)(=NC(N)=O)C(C)C)C(C)C)C1=O. The number of ether oxygens (including phenoxy) is 1. The number of carbonyl (C=O) groups excluding carboxylic acids is 4. The van der Waals surface area contributed by atoms with E-state index < -0.39 is 38.5 Å². The lowest BCUT2D eigenvalue weighted by atomic mass is 9.66. The van der Waals surface area contributed by atoms with Gasteiger partial charge in [0, 0.05) is 51.2 Å². The lowest BCUT2D eigenvalue weighted by Gasteiger charge is -2.53. The Morgan fingerprint density at radius 3 is 2.22 bits per heavy atom. The molecule has 1 saturated heterocycles. The second-order valence-corrected chi connectivity index (χ2v) is 18.0. The van der Waals surface area contributed by atoms with Gasteiger partial charge in [-0.15, -0.1) is 4.36 Å². The van der Waals surface area contributed by atoms with Crippen molar-refractivity contribution in [1.29, 1.82) is 0 Å². The van der Waals surface area contributed by atoms with E-state index in [1.807, 2.05) is 44.2 Å². The number of amides is 3. The Hall–Kier alpha value is -3.73. The van der Waals surface area contributed by atoms with Crippen LogP contribution in [-0.2, 0) is 25.7 Å². The Kier molecular flexibility index (Phi) is 12.8. The van der Waals surface area contributed by atoms with Crippen molar-refractivity contribution in [1.82, 2.24) is 4.90 Å². The molecule has 0 unspecified atom stereocenters. The molecule has 1 aliphatic rings. The van der Waals surface area contributed by atoms with Crippen LogP contribution in [0.3, 0.4) is 0 Å². The zero-order valence-corrected chi connectivity index (χ0v) is 32.5. The molecule has 0 saturated carbocycles. The van der Waals surface area contributed by atoms with Gasteiger partial charge in [0.25, 0.3) is 0 Å². The molecule has 3 aromatic rings. The Balaban J connectivity index is 1.90. The molecule has 1 aliphatic heterocycles. The number of hydrogen-bond donors (Lipinski definition) is 1. The quantitative estimate of drug-likeness (QED) is 0.174. The second kappa shape index (κ2) is 16.3. The summed E-state index contributed by atoms with van der Waals surface area (Å²) in [4.78, 5) is 55.1. The molecular formula is C39H47Cl2N3O6S. The summed E-state index contributed by atoms with van der Waals surface area (Å²) < 4.78 is 23.8. The fourth-order valence-corrected chi connectivity index (χ4v) is 9.39. The van der Waals surface area contributed by atoms with Crippen molar-refractivity contribution in [2.45, 2.75) is 84.1 Å². The van der Waals surface area contributed by atoms with Crippen molar-refractivity contribution < 1.29 is 28.1 Å². The number of carbonyl (C=O) groups is 4. The molecule has 9 nitrogen and oxygen atoms in total. The first kappa shape index (κ1) is 40.0. The number of nitrogens with two attached hydrogens (primary N) is 1. The van der Waals surface area contributed by atoms with E-state index in [2.05, 4.69) is 4.36 Å². The third-order valence-electron chi connectivity index (χ3n) is 9.78. The van der Waals surface area contributed by atoms with E-state index in [1.165, 1.54) is 14.0 Å². The molecule has 0 spiro atoms. The summed E-state index contributed by atoms with van der Waals surface area (Å²) in [6.07, 6.45) is 0.192. The molecule has 1 fully saturated rings. The van der Waals surface area contributed by atoms with Gasteiger partial charge in [-0.25, -0.2) is 9.00 Å². The van der Waals surface area contributed by atoms with Crippen LogP contribution >= 0.6 is 23.2 Å². The van der Waals surface area contributed by atoms with E-state index in [9.17, 15) is 18.6 Å². The molecule has 0 aliphatic carbocycles. The highest BCUT2D eigenvalue weighted by molar-refractivity contribution is 7.94. The van der Waals surface area contributed by atoms with Crippen LogP contribution in [-0.4, -0.2) is 56.8 Å². The van der Waals surface area contributed by atoms with Crippen LogP contribution in [0.25, 0.3) is 0 Å². The molecule has 12 heteroatoms. The molecule has 1 heterocycles. The third kappa shape index (κ3) is 9.20. The average Bonchev–Trinajstić information content (AvgIpc) is 3.05. The monoisotopic (exact) mass is 755 g/mol. The van der Waals surface area contributed by atoms with Crippen LogP contribution in [0.2, 0.25) is 10.0 Å². The van der Waals surface area contributed by atoms with Crippen LogP contribution in [0.5, 0.6) is 5.75 Å². The van der Waals surface area contributed by atoms with Gasteiger partial charge < -0.3 is 15.4 Å². The van der Waals surface area contributed by atoms with Crippen molar-refractivity contribution in [3.63, 3.8) is 0 Å². The Bertz CT molecular complexity index is 1920. The van der Waals surface area contributed by atoms with Crippen molar-refractivity contribution >= 4 is 56.4 Å². The number of nitrogens with zero attached hydrogens (tertiary/aromatic N) is 2. The minimum Gasteiger partial charge on any atom is -0.496 e. The van der Waals surface area contributed by atoms with Crippen LogP contribution in [0.15, 0.2) is 71.1 Å². The predicted octanol–water partition coefficient (Wildman–Crippen LogP) is 8.45. The molecule has 5 atom stereocenters. The Labute approximate surface area is 311 Å². The predicted molar refractivity (Wildman–Crippen MR) is 203 cm³/mol. The number of ketones is 2. The average molecular weight is 757 g/mol. The second-order valence-electron chi connectivity index (χ2n) is 14.3. The zero-order valence-electron chi connectivity index (χ0n) is 30.2. The number of likely N-dealkylation sites (tertiary alicyclic amines) is 1. The minimum atomic E-state index is -3.23. The molecule has 0 bridgehead atoms. The van der Waals surface area contributed by atoms with E-state index in [1.54, 1.807) is 62.1 Å². The first-order valence-electron chi connectivity index (χ1n) is 17.0. The maximum Gasteiger partial charge on any atom is 0.346 e.